The zero-order chi connectivity index (χ0) is 12.9. The predicted octanol–water partition coefficient (Wildman–Crippen LogP) is 0.783. The van der Waals surface area contributed by atoms with Crippen LogP contribution in [0.5, 0.6) is 17.2 Å². The number of hydrogen-bond donors (Lipinski definition) is 0. The third kappa shape index (κ3) is 4.33. The van der Waals surface area contributed by atoms with Crippen molar-refractivity contribution in [1.82, 2.24) is 0 Å². The predicted molar refractivity (Wildman–Crippen MR) is 86.1 cm³/mol. The normalized spacial score (nSPS) is 8.73. The molecular weight excluding hydrogens is 300 g/mol. The van der Waals surface area contributed by atoms with Gasteiger partial charge in [-0.1, -0.05) is 54.6 Å². The zero-order valence-corrected chi connectivity index (χ0v) is 12.7. The van der Waals surface area contributed by atoms with Crippen LogP contribution in [-0.2, 0) is 0 Å². The highest BCUT2D eigenvalue weighted by molar-refractivity contribution is 5.42. The Morgan fingerprint density at radius 3 is 0.864 bits per heavy atom. The van der Waals surface area contributed by atoms with Gasteiger partial charge in [0.15, 0.2) is 0 Å². The summed E-state index contributed by atoms with van der Waals surface area (Å²) in [4.78, 5) is 0. The van der Waals surface area contributed by atoms with E-state index in [-0.39, 0.29) is 23.4 Å². The molecule has 0 aliphatic carbocycles. The standard InChI is InChI=1S/C18H15O.ClH.2H2O/c1-4-10-16(11-5-1)19(17-12-6-2-7-13-17)18-14-8-3-9-15-18;;;/h1-15H;1H;2*1H2/q+1;;;/p-1. The van der Waals surface area contributed by atoms with Gasteiger partial charge in [0.25, 0.3) is 17.2 Å². The summed E-state index contributed by atoms with van der Waals surface area (Å²) in [6.45, 7) is 0. The molecule has 0 spiro atoms. The van der Waals surface area contributed by atoms with Gasteiger partial charge in [-0.15, -0.1) is 0 Å². The fourth-order valence-corrected chi connectivity index (χ4v) is 2.08. The van der Waals surface area contributed by atoms with E-state index in [2.05, 4.69) is 40.8 Å². The van der Waals surface area contributed by atoms with Gasteiger partial charge in [-0.3, -0.25) is 0 Å². The molecule has 0 aliphatic rings. The van der Waals surface area contributed by atoms with Crippen LogP contribution in [0.2, 0.25) is 0 Å². The Hall–Kier alpha value is -2.33. The van der Waals surface area contributed by atoms with E-state index in [0.717, 1.165) is 17.2 Å². The molecule has 4 heteroatoms. The lowest BCUT2D eigenvalue weighted by atomic mass is 10.3. The van der Waals surface area contributed by atoms with Crippen LogP contribution in [0.3, 0.4) is 0 Å². The van der Waals surface area contributed by atoms with Crippen molar-refractivity contribution < 1.29 is 27.7 Å². The van der Waals surface area contributed by atoms with Gasteiger partial charge >= 0.3 is 0 Å². The van der Waals surface area contributed by atoms with E-state index in [0.29, 0.717) is 0 Å². The summed E-state index contributed by atoms with van der Waals surface area (Å²) < 4.78 is 3.22. The molecule has 0 fully saturated rings. The molecule has 0 atom stereocenters. The first kappa shape index (κ1) is 19.7. The maximum atomic E-state index is 3.22. The van der Waals surface area contributed by atoms with Crippen LogP contribution in [0.25, 0.3) is 0 Å². The van der Waals surface area contributed by atoms with Crippen LogP contribution in [0.1, 0.15) is 0 Å². The molecule has 0 saturated carbocycles. The Morgan fingerprint density at radius 2 is 0.636 bits per heavy atom. The monoisotopic (exact) mass is 318 g/mol. The van der Waals surface area contributed by atoms with Gasteiger partial charge in [-0.2, -0.15) is 0 Å². The van der Waals surface area contributed by atoms with Crippen molar-refractivity contribution in [3.8, 4) is 17.2 Å². The minimum Gasteiger partial charge on any atom is -1.00 e. The second kappa shape index (κ2) is 9.58. The number of halogens is 1. The van der Waals surface area contributed by atoms with Crippen molar-refractivity contribution in [3.63, 3.8) is 0 Å². The van der Waals surface area contributed by atoms with Crippen LogP contribution in [0, 0.1) is 0 Å². The number of para-hydroxylation sites is 3. The third-order valence-electron chi connectivity index (χ3n) is 2.94. The molecule has 0 aromatic heterocycles. The summed E-state index contributed by atoms with van der Waals surface area (Å²) in [7, 11) is 0. The maximum absolute atomic E-state index is 3.22. The first-order valence-electron chi connectivity index (χ1n) is 6.34. The Balaban J connectivity index is 0.00000147. The van der Waals surface area contributed by atoms with E-state index < -0.39 is 0 Å². The minimum atomic E-state index is 0. The molecule has 4 N–H and O–H groups in total. The molecule has 0 bridgehead atoms. The average molecular weight is 319 g/mol. The average Bonchev–Trinajstić information content (AvgIpc) is 2.51. The highest BCUT2D eigenvalue weighted by Gasteiger charge is 2.18. The van der Waals surface area contributed by atoms with Crippen LogP contribution >= 0.6 is 0 Å². The molecule has 116 valence electrons. The van der Waals surface area contributed by atoms with Gasteiger partial charge in [0.05, 0.1) is 0 Å². The fourth-order valence-electron chi connectivity index (χ4n) is 2.08. The highest BCUT2D eigenvalue weighted by Crippen LogP contribution is 2.38. The second-order valence-corrected chi connectivity index (χ2v) is 4.25. The molecule has 0 aliphatic heterocycles. The summed E-state index contributed by atoms with van der Waals surface area (Å²) in [5.41, 5.74) is 0. The molecule has 0 radical (unpaired) electrons. The first-order chi connectivity index (χ1) is 9.45. The lowest BCUT2D eigenvalue weighted by Crippen LogP contribution is -3.00. The Labute approximate surface area is 136 Å². The van der Waals surface area contributed by atoms with E-state index in [1.165, 1.54) is 0 Å². The molecule has 0 saturated heterocycles. The van der Waals surface area contributed by atoms with Crippen molar-refractivity contribution in [2.75, 3.05) is 0 Å². The molecular formula is C18H19ClO3. The van der Waals surface area contributed by atoms with E-state index in [9.17, 15) is 0 Å². The van der Waals surface area contributed by atoms with Crippen LogP contribution in [0.15, 0.2) is 91.0 Å². The van der Waals surface area contributed by atoms with E-state index >= 15 is 0 Å². The Bertz CT molecular complexity index is 536. The summed E-state index contributed by atoms with van der Waals surface area (Å²) in [6.07, 6.45) is 0. The quantitative estimate of drug-likeness (QED) is 0.641. The van der Waals surface area contributed by atoms with Crippen molar-refractivity contribution in [2.45, 2.75) is 0 Å². The lowest BCUT2D eigenvalue weighted by molar-refractivity contribution is -0.00000672. The van der Waals surface area contributed by atoms with Crippen molar-refractivity contribution in [1.29, 1.82) is 0 Å². The van der Waals surface area contributed by atoms with Gasteiger partial charge in [-0.25, -0.2) is 0 Å². The zero-order valence-electron chi connectivity index (χ0n) is 11.9. The lowest BCUT2D eigenvalue weighted by Gasteiger charge is -2.21. The Kier molecular flexibility index (Phi) is 8.56. The number of hydrogen-bond acceptors (Lipinski definition) is 0. The van der Waals surface area contributed by atoms with E-state index in [1.54, 1.807) is 0 Å². The SMILES string of the molecule is O.O.[Cl-].c1ccc([O+](c2ccccc2)c2ccccc2)cc1. The molecule has 0 unspecified atom stereocenters. The smallest absolute Gasteiger partial charge is 0.267 e. The van der Waals surface area contributed by atoms with Gasteiger partial charge < -0.3 is 27.7 Å². The molecule has 22 heavy (non-hydrogen) atoms. The van der Waals surface area contributed by atoms with Crippen LogP contribution in [0.4, 0.5) is 0 Å². The second-order valence-electron chi connectivity index (χ2n) is 4.25. The van der Waals surface area contributed by atoms with Crippen LogP contribution < -0.4 is 16.8 Å². The molecule has 3 aromatic carbocycles. The Morgan fingerprint density at radius 1 is 0.409 bits per heavy atom. The van der Waals surface area contributed by atoms with Gasteiger partial charge in [0.2, 0.25) is 0 Å². The van der Waals surface area contributed by atoms with Crippen molar-refractivity contribution >= 4 is 0 Å². The maximum Gasteiger partial charge on any atom is 0.267 e. The van der Waals surface area contributed by atoms with Crippen molar-refractivity contribution in [3.05, 3.63) is 91.0 Å². The largest absolute Gasteiger partial charge is 1.00 e. The molecule has 3 rings (SSSR count). The summed E-state index contributed by atoms with van der Waals surface area (Å²) in [5, 5.41) is 0. The molecule has 0 heterocycles. The summed E-state index contributed by atoms with van der Waals surface area (Å²) in [5.74, 6) is 3.25. The molecule has 0 amide bonds. The third-order valence-corrected chi connectivity index (χ3v) is 2.94. The van der Waals surface area contributed by atoms with E-state index in [1.807, 2.05) is 54.6 Å². The van der Waals surface area contributed by atoms with Gasteiger partial charge in [-0.05, 0) is 0 Å². The molecule has 3 aromatic rings. The fraction of sp³-hybridized carbons (Fsp3) is 0. The highest BCUT2D eigenvalue weighted by atomic mass is 35.5. The first-order valence-corrected chi connectivity index (χ1v) is 6.34. The van der Waals surface area contributed by atoms with E-state index in [4.69, 9.17) is 0 Å². The van der Waals surface area contributed by atoms with Crippen LogP contribution in [-0.4, -0.2) is 11.0 Å². The molecule has 3 nitrogen and oxygen atoms in total. The topological polar surface area (TPSA) is 65.7 Å². The summed E-state index contributed by atoms with van der Waals surface area (Å²) in [6, 6.07) is 30.9. The number of benzene rings is 3. The van der Waals surface area contributed by atoms with Gasteiger partial charge in [0, 0.05) is 36.4 Å². The summed E-state index contributed by atoms with van der Waals surface area (Å²) >= 11 is 0. The van der Waals surface area contributed by atoms with Crippen molar-refractivity contribution in [2.24, 2.45) is 0 Å². The van der Waals surface area contributed by atoms with Gasteiger partial charge in [0.1, 0.15) is 0 Å². The minimum absolute atomic E-state index is 0. The number of rotatable bonds is 3.